The molecular weight excluding hydrogens is 314 g/mol. The number of fused-ring (bicyclic) bond motifs is 1. The number of likely N-dealkylation sites (tertiary alicyclic amines) is 1. The number of pyridine rings is 1. The Morgan fingerprint density at radius 3 is 2.88 bits per heavy atom. The van der Waals surface area contributed by atoms with Gasteiger partial charge in [0.1, 0.15) is 0 Å². The molecule has 4 rings (SSSR count). The van der Waals surface area contributed by atoms with Gasteiger partial charge in [0.05, 0.1) is 12.0 Å². The first-order valence-corrected chi connectivity index (χ1v) is 8.63. The van der Waals surface area contributed by atoms with Crippen LogP contribution < -0.4 is 4.90 Å². The fourth-order valence-corrected chi connectivity index (χ4v) is 4.02. The quantitative estimate of drug-likeness (QED) is 0.847. The molecule has 2 aromatic rings. The van der Waals surface area contributed by atoms with Gasteiger partial charge in [-0.1, -0.05) is 18.2 Å². The van der Waals surface area contributed by atoms with Crippen molar-refractivity contribution in [3.8, 4) is 0 Å². The van der Waals surface area contributed by atoms with E-state index < -0.39 is 0 Å². The van der Waals surface area contributed by atoms with E-state index in [1.54, 1.807) is 24.3 Å². The van der Waals surface area contributed by atoms with Crippen LogP contribution in [0, 0.1) is 12.8 Å². The molecule has 2 atom stereocenters. The van der Waals surface area contributed by atoms with Crippen LogP contribution in [0.15, 0.2) is 42.7 Å². The highest BCUT2D eigenvalue weighted by atomic mass is 16.2. The maximum atomic E-state index is 13.3. The first kappa shape index (κ1) is 15.8. The van der Waals surface area contributed by atoms with E-state index >= 15 is 0 Å². The van der Waals surface area contributed by atoms with Gasteiger partial charge in [0.2, 0.25) is 11.8 Å². The van der Waals surface area contributed by atoms with Gasteiger partial charge in [0, 0.05) is 38.1 Å². The number of aromatic nitrogens is 1. The third-order valence-electron chi connectivity index (χ3n) is 5.33. The van der Waals surface area contributed by atoms with E-state index in [1.165, 1.54) is 5.56 Å². The van der Waals surface area contributed by atoms with Crippen LogP contribution in [0.3, 0.4) is 0 Å². The van der Waals surface area contributed by atoms with Crippen LogP contribution in [0.5, 0.6) is 0 Å². The highest BCUT2D eigenvalue weighted by Gasteiger charge is 2.45. The van der Waals surface area contributed by atoms with Gasteiger partial charge in [0.25, 0.3) is 0 Å². The van der Waals surface area contributed by atoms with Gasteiger partial charge in [-0.25, -0.2) is 0 Å². The standard InChI is InChI=1S/C20H21N3O2/c1-13-5-6-14-7-9-23(17(14)10-13)20(25)16-11-18(24)22(2)19(16)15-4-3-8-21-12-15/h3-6,8,10,12,16,19H,7,9,11H2,1-2H3. The topological polar surface area (TPSA) is 53.5 Å². The summed E-state index contributed by atoms with van der Waals surface area (Å²) in [5.41, 5.74) is 4.26. The van der Waals surface area contributed by atoms with Gasteiger partial charge in [-0.3, -0.25) is 14.6 Å². The monoisotopic (exact) mass is 335 g/mol. The van der Waals surface area contributed by atoms with Crippen molar-refractivity contribution in [3.63, 3.8) is 0 Å². The first-order valence-electron chi connectivity index (χ1n) is 8.63. The number of anilines is 1. The number of hydrogen-bond donors (Lipinski definition) is 0. The van der Waals surface area contributed by atoms with Crippen molar-refractivity contribution >= 4 is 17.5 Å². The number of aryl methyl sites for hydroxylation is 1. The van der Waals surface area contributed by atoms with Crippen LogP contribution in [0.1, 0.15) is 29.2 Å². The number of carbonyl (C=O) groups is 2. The lowest BCUT2D eigenvalue weighted by atomic mass is 9.93. The van der Waals surface area contributed by atoms with Gasteiger partial charge < -0.3 is 9.80 Å². The molecule has 2 aliphatic rings. The molecule has 3 heterocycles. The maximum Gasteiger partial charge on any atom is 0.233 e. The molecule has 0 spiro atoms. The number of nitrogens with zero attached hydrogens (tertiary/aromatic N) is 3. The van der Waals surface area contributed by atoms with Crippen LogP contribution >= 0.6 is 0 Å². The number of carbonyl (C=O) groups excluding carboxylic acids is 2. The maximum absolute atomic E-state index is 13.3. The van der Waals surface area contributed by atoms with Crippen molar-refractivity contribution in [2.24, 2.45) is 5.92 Å². The molecule has 2 unspecified atom stereocenters. The normalized spacial score (nSPS) is 22.4. The van der Waals surface area contributed by atoms with Gasteiger partial charge in [-0.15, -0.1) is 0 Å². The third kappa shape index (κ3) is 2.60. The Hall–Kier alpha value is -2.69. The Bertz CT molecular complexity index is 834. The zero-order valence-corrected chi connectivity index (χ0v) is 14.5. The molecule has 5 heteroatoms. The summed E-state index contributed by atoms with van der Waals surface area (Å²) in [6.07, 6.45) is 4.58. The lowest BCUT2D eigenvalue weighted by Crippen LogP contribution is -2.37. The average molecular weight is 335 g/mol. The summed E-state index contributed by atoms with van der Waals surface area (Å²) < 4.78 is 0. The molecule has 1 saturated heterocycles. The van der Waals surface area contributed by atoms with Crippen molar-refractivity contribution in [1.82, 2.24) is 9.88 Å². The fourth-order valence-electron chi connectivity index (χ4n) is 4.02. The zero-order chi connectivity index (χ0) is 17.6. The van der Waals surface area contributed by atoms with E-state index in [-0.39, 0.29) is 30.2 Å². The number of hydrogen-bond acceptors (Lipinski definition) is 3. The molecule has 2 aliphatic heterocycles. The minimum atomic E-state index is -0.367. The number of benzene rings is 1. The van der Waals surface area contributed by atoms with Crippen LogP contribution in [0.25, 0.3) is 0 Å². The summed E-state index contributed by atoms with van der Waals surface area (Å²) in [5, 5.41) is 0. The highest BCUT2D eigenvalue weighted by Crippen LogP contribution is 2.40. The summed E-state index contributed by atoms with van der Waals surface area (Å²) in [6, 6.07) is 9.79. The lowest BCUT2D eigenvalue weighted by molar-refractivity contribution is -0.128. The molecular formula is C20H21N3O2. The minimum Gasteiger partial charge on any atom is -0.338 e. The predicted molar refractivity (Wildman–Crippen MR) is 95.1 cm³/mol. The number of amides is 2. The van der Waals surface area contributed by atoms with Crippen LogP contribution in [0.2, 0.25) is 0 Å². The van der Waals surface area contributed by atoms with E-state index in [0.717, 1.165) is 23.2 Å². The molecule has 0 N–H and O–H groups in total. The molecule has 1 aromatic heterocycles. The van der Waals surface area contributed by atoms with E-state index in [1.807, 2.05) is 24.0 Å². The van der Waals surface area contributed by atoms with Crippen molar-refractivity contribution in [2.45, 2.75) is 25.8 Å². The van der Waals surface area contributed by atoms with E-state index in [2.05, 4.69) is 23.2 Å². The lowest BCUT2D eigenvalue weighted by Gasteiger charge is -2.28. The molecule has 0 saturated carbocycles. The molecule has 1 aromatic carbocycles. The van der Waals surface area contributed by atoms with Crippen molar-refractivity contribution in [3.05, 3.63) is 59.4 Å². The molecule has 5 nitrogen and oxygen atoms in total. The molecule has 128 valence electrons. The second kappa shape index (κ2) is 5.99. The smallest absolute Gasteiger partial charge is 0.233 e. The summed E-state index contributed by atoms with van der Waals surface area (Å²) in [4.78, 5) is 33.4. The van der Waals surface area contributed by atoms with Gasteiger partial charge >= 0.3 is 0 Å². The zero-order valence-electron chi connectivity index (χ0n) is 14.5. The van der Waals surface area contributed by atoms with E-state index in [9.17, 15) is 9.59 Å². The van der Waals surface area contributed by atoms with Crippen molar-refractivity contribution in [2.75, 3.05) is 18.5 Å². The Balaban J connectivity index is 1.68. The average Bonchev–Trinajstić information content (AvgIpc) is 3.16. The molecule has 0 aliphatic carbocycles. The van der Waals surface area contributed by atoms with Crippen LogP contribution in [-0.2, 0) is 16.0 Å². The molecule has 0 bridgehead atoms. The summed E-state index contributed by atoms with van der Waals surface area (Å²) >= 11 is 0. The SMILES string of the molecule is Cc1ccc2c(c1)N(C(=O)C1CC(=O)N(C)C1c1cccnc1)CC2. The summed E-state index contributed by atoms with van der Waals surface area (Å²) in [7, 11) is 1.77. The second-order valence-corrected chi connectivity index (χ2v) is 6.92. The van der Waals surface area contributed by atoms with Crippen molar-refractivity contribution in [1.29, 1.82) is 0 Å². The van der Waals surface area contributed by atoms with Gasteiger partial charge in [0.15, 0.2) is 0 Å². The first-order chi connectivity index (χ1) is 12.1. The molecule has 1 fully saturated rings. The highest BCUT2D eigenvalue weighted by molar-refractivity contribution is 6.01. The van der Waals surface area contributed by atoms with Gasteiger partial charge in [-0.2, -0.15) is 0 Å². The Morgan fingerprint density at radius 2 is 2.12 bits per heavy atom. The molecule has 25 heavy (non-hydrogen) atoms. The predicted octanol–water partition coefficient (Wildman–Crippen LogP) is 2.50. The Morgan fingerprint density at radius 1 is 1.28 bits per heavy atom. The molecule has 2 amide bonds. The van der Waals surface area contributed by atoms with Crippen molar-refractivity contribution < 1.29 is 9.59 Å². The largest absolute Gasteiger partial charge is 0.338 e. The molecule has 0 radical (unpaired) electrons. The van der Waals surface area contributed by atoms with Crippen LogP contribution in [-0.4, -0.2) is 35.3 Å². The summed E-state index contributed by atoms with van der Waals surface area (Å²) in [6.45, 7) is 2.72. The Kier molecular flexibility index (Phi) is 3.79. The van der Waals surface area contributed by atoms with E-state index in [0.29, 0.717) is 6.54 Å². The minimum absolute atomic E-state index is 0.0101. The van der Waals surface area contributed by atoms with Crippen LogP contribution in [0.4, 0.5) is 5.69 Å². The third-order valence-corrected chi connectivity index (χ3v) is 5.33. The number of rotatable bonds is 2. The summed E-state index contributed by atoms with van der Waals surface area (Å²) in [5.74, 6) is -0.320. The second-order valence-electron chi connectivity index (χ2n) is 6.92. The van der Waals surface area contributed by atoms with Gasteiger partial charge in [-0.05, 0) is 42.2 Å². The Labute approximate surface area is 147 Å². The fraction of sp³-hybridized carbons (Fsp3) is 0.350. The van der Waals surface area contributed by atoms with E-state index in [4.69, 9.17) is 0 Å².